The molecular weight excluding hydrogens is 339 g/mol. The van der Waals surface area contributed by atoms with E-state index in [9.17, 15) is 9.59 Å². The van der Waals surface area contributed by atoms with E-state index in [1.54, 1.807) is 31.3 Å². The first-order valence-corrected chi connectivity index (χ1v) is 7.12. The van der Waals surface area contributed by atoms with Crippen LogP contribution in [0.25, 0.3) is 0 Å². The lowest BCUT2D eigenvalue weighted by atomic mass is 10.1. The van der Waals surface area contributed by atoms with Crippen LogP contribution >= 0.6 is 24.8 Å². The Hall–Kier alpha value is -1.34. The largest absolute Gasteiger partial charge is 0.336 e. The number of carbonyl (C=O) groups is 2. The van der Waals surface area contributed by atoms with E-state index in [1.165, 1.54) is 0 Å². The maximum Gasteiger partial charge on any atom is 0.253 e. The van der Waals surface area contributed by atoms with Crippen LogP contribution in [0.4, 0.5) is 5.69 Å². The zero-order valence-electron chi connectivity index (χ0n) is 13.4. The molecule has 1 aromatic carbocycles. The molecule has 2 rings (SSSR count). The van der Waals surface area contributed by atoms with E-state index in [1.807, 2.05) is 4.90 Å². The summed E-state index contributed by atoms with van der Waals surface area (Å²) in [4.78, 5) is 27.9. The molecule has 1 saturated heterocycles. The Morgan fingerprint density at radius 1 is 1.04 bits per heavy atom. The molecule has 23 heavy (non-hydrogen) atoms. The summed E-state index contributed by atoms with van der Waals surface area (Å²) >= 11 is 0. The average molecular weight is 363 g/mol. The van der Waals surface area contributed by atoms with E-state index >= 15 is 0 Å². The van der Waals surface area contributed by atoms with Crippen molar-refractivity contribution in [2.45, 2.75) is 0 Å². The summed E-state index contributed by atoms with van der Waals surface area (Å²) in [7, 11) is 3.78. The zero-order chi connectivity index (χ0) is 15.2. The molecular formula is C15H24Cl2N4O2. The molecule has 1 heterocycles. The first-order valence-electron chi connectivity index (χ1n) is 7.12. The van der Waals surface area contributed by atoms with Gasteiger partial charge in [0.2, 0.25) is 5.91 Å². The molecule has 1 aromatic rings. The SMILES string of the molecule is CNCC(=O)Nc1ccc(C(=O)N2CCN(C)CC2)cc1.Cl.Cl. The van der Waals surface area contributed by atoms with Crippen molar-refractivity contribution in [1.82, 2.24) is 15.1 Å². The molecule has 0 bridgehead atoms. The van der Waals surface area contributed by atoms with Gasteiger partial charge < -0.3 is 20.4 Å². The molecule has 0 unspecified atom stereocenters. The molecule has 130 valence electrons. The zero-order valence-corrected chi connectivity index (χ0v) is 15.0. The van der Waals surface area contributed by atoms with Gasteiger partial charge in [-0.05, 0) is 38.4 Å². The number of piperazine rings is 1. The van der Waals surface area contributed by atoms with Crippen LogP contribution in [0.15, 0.2) is 24.3 Å². The predicted molar refractivity (Wildman–Crippen MR) is 96.9 cm³/mol. The van der Waals surface area contributed by atoms with Gasteiger partial charge in [0, 0.05) is 37.4 Å². The second kappa shape index (κ2) is 10.4. The highest BCUT2D eigenvalue weighted by Gasteiger charge is 2.20. The third kappa shape index (κ3) is 6.35. The van der Waals surface area contributed by atoms with E-state index < -0.39 is 0 Å². The summed E-state index contributed by atoms with van der Waals surface area (Å²) in [6, 6.07) is 7.04. The standard InChI is InChI=1S/C15H22N4O2.2ClH/c1-16-11-14(20)17-13-5-3-12(4-6-13)15(21)19-9-7-18(2)8-10-19;;/h3-6,16H,7-11H2,1-2H3,(H,17,20);2*1H. The predicted octanol–water partition coefficient (Wildman–Crippen LogP) is 1.08. The van der Waals surface area contributed by atoms with E-state index in [-0.39, 0.29) is 43.2 Å². The normalized spacial score (nSPS) is 14.4. The molecule has 8 heteroatoms. The molecule has 6 nitrogen and oxygen atoms in total. The first-order chi connectivity index (χ1) is 10.1. The van der Waals surface area contributed by atoms with Gasteiger partial charge in [-0.3, -0.25) is 9.59 Å². The monoisotopic (exact) mass is 362 g/mol. The Morgan fingerprint density at radius 3 is 2.13 bits per heavy atom. The lowest BCUT2D eigenvalue weighted by molar-refractivity contribution is -0.115. The van der Waals surface area contributed by atoms with Gasteiger partial charge in [0.1, 0.15) is 0 Å². The van der Waals surface area contributed by atoms with Gasteiger partial charge in [0.25, 0.3) is 5.91 Å². The summed E-state index contributed by atoms with van der Waals surface area (Å²) in [5.74, 6) is -0.0492. The minimum Gasteiger partial charge on any atom is -0.336 e. The van der Waals surface area contributed by atoms with Crippen molar-refractivity contribution in [3.05, 3.63) is 29.8 Å². The number of carbonyl (C=O) groups excluding carboxylic acids is 2. The smallest absolute Gasteiger partial charge is 0.253 e. The first kappa shape index (κ1) is 21.7. The van der Waals surface area contributed by atoms with Crippen molar-refractivity contribution >= 4 is 42.3 Å². The number of hydrogen-bond donors (Lipinski definition) is 2. The number of amides is 2. The van der Waals surface area contributed by atoms with Crippen LogP contribution in [0, 0.1) is 0 Å². The van der Waals surface area contributed by atoms with Gasteiger partial charge in [0.05, 0.1) is 6.54 Å². The average Bonchev–Trinajstić information content (AvgIpc) is 2.48. The van der Waals surface area contributed by atoms with Crippen molar-refractivity contribution < 1.29 is 9.59 Å². The topological polar surface area (TPSA) is 64.7 Å². The van der Waals surface area contributed by atoms with Gasteiger partial charge >= 0.3 is 0 Å². The van der Waals surface area contributed by atoms with Crippen molar-refractivity contribution in [2.24, 2.45) is 0 Å². The third-order valence-electron chi connectivity index (χ3n) is 3.54. The molecule has 2 amide bonds. The van der Waals surface area contributed by atoms with Gasteiger partial charge in [-0.2, -0.15) is 0 Å². The summed E-state index contributed by atoms with van der Waals surface area (Å²) in [5.41, 5.74) is 1.36. The molecule has 0 atom stereocenters. The molecule has 1 fully saturated rings. The highest BCUT2D eigenvalue weighted by atomic mass is 35.5. The fraction of sp³-hybridized carbons (Fsp3) is 0.467. The number of anilines is 1. The molecule has 0 saturated carbocycles. The Bertz CT molecular complexity index is 503. The van der Waals surface area contributed by atoms with E-state index in [4.69, 9.17) is 0 Å². The summed E-state index contributed by atoms with van der Waals surface area (Å²) < 4.78 is 0. The van der Waals surface area contributed by atoms with Gasteiger partial charge in [0.15, 0.2) is 0 Å². The number of halogens is 2. The van der Waals surface area contributed by atoms with E-state index in [0.717, 1.165) is 26.2 Å². The fourth-order valence-corrected chi connectivity index (χ4v) is 2.25. The minimum absolute atomic E-state index is 0. The van der Waals surface area contributed by atoms with Gasteiger partial charge in [-0.25, -0.2) is 0 Å². The molecule has 1 aliphatic heterocycles. The molecule has 0 radical (unpaired) electrons. The van der Waals surface area contributed by atoms with Crippen LogP contribution in [-0.2, 0) is 4.79 Å². The third-order valence-corrected chi connectivity index (χ3v) is 3.54. The quantitative estimate of drug-likeness (QED) is 0.840. The maximum absolute atomic E-state index is 12.4. The summed E-state index contributed by atoms with van der Waals surface area (Å²) in [6.45, 7) is 3.60. The molecule has 0 spiro atoms. The molecule has 2 N–H and O–H groups in total. The Balaban J connectivity index is 0.00000242. The van der Waals surface area contributed by atoms with Gasteiger partial charge in [-0.15, -0.1) is 24.8 Å². The van der Waals surface area contributed by atoms with Crippen LogP contribution < -0.4 is 10.6 Å². The van der Waals surface area contributed by atoms with E-state index in [0.29, 0.717) is 11.3 Å². The number of hydrogen-bond acceptors (Lipinski definition) is 4. The number of benzene rings is 1. The summed E-state index contributed by atoms with van der Waals surface area (Å²) in [5, 5.41) is 5.55. The maximum atomic E-state index is 12.4. The number of likely N-dealkylation sites (N-methyl/N-ethyl adjacent to an activating group) is 2. The number of rotatable bonds is 4. The summed E-state index contributed by atoms with van der Waals surface area (Å²) in [6.07, 6.45) is 0. The number of nitrogens with zero attached hydrogens (tertiary/aromatic N) is 2. The Morgan fingerprint density at radius 2 is 1.61 bits per heavy atom. The molecule has 0 aliphatic carbocycles. The van der Waals surface area contributed by atoms with Crippen molar-refractivity contribution in [2.75, 3.05) is 52.1 Å². The van der Waals surface area contributed by atoms with Crippen LogP contribution in [-0.4, -0.2) is 68.4 Å². The highest BCUT2D eigenvalue weighted by molar-refractivity contribution is 5.96. The molecule has 1 aliphatic rings. The van der Waals surface area contributed by atoms with E-state index in [2.05, 4.69) is 22.6 Å². The lowest BCUT2D eigenvalue weighted by Crippen LogP contribution is -2.47. The van der Waals surface area contributed by atoms with Crippen LogP contribution in [0.1, 0.15) is 10.4 Å². The van der Waals surface area contributed by atoms with Crippen molar-refractivity contribution in [1.29, 1.82) is 0 Å². The second-order valence-corrected chi connectivity index (χ2v) is 5.25. The second-order valence-electron chi connectivity index (χ2n) is 5.25. The van der Waals surface area contributed by atoms with Crippen molar-refractivity contribution in [3.8, 4) is 0 Å². The Labute approximate surface area is 149 Å². The Kier molecular flexibility index (Phi) is 9.83. The highest BCUT2D eigenvalue weighted by Crippen LogP contribution is 2.12. The van der Waals surface area contributed by atoms with Crippen molar-refractivity contribution in [3.63, 3.8) is 0 Å². The number of nitrogens with one attached hydrogen (secondary N) is 2. The van der Waals surface area contributed by atoms with Crippen LogP contribution in [0.3, 0.4) is 0 Å². The van der Waals surface area contributed by atoms with Crippen LogP contribution in [0.2, 0.25) is 0 Å². The van der Waals surface area contributed by atoms with Crippen LogP contribution in [0.5, 0.6) is 0 Å². The fourth-order valence-electron chi connectivity index (χ4n) is 2.25. The lowest BCUT2D eigenvalue weighted by Gasteiger charge is -2.32. The molecule has 0 aromatic heterocycles. The van der Waals surface area contributed by atoms with Gasteiger partial charge in [-0.1, -0.05) is 0 Å². The minimum atomic E-state index is -0.101.